The summed E-state index contributed by atoms with van der Waals surface area (Å²) >= 11 is 1.81. The molecule has 0 aliphatic heterocycles. The number of benzene rings is 1. The van der Waals surface area contributed by atoms with Crippen molar-refractivity contribution < 1.29 is 4.79 Å². The molecule has 2 nitrogen and oxygen atoms in total. The molecular formula is C15H19NOS. The Hall–Kier alpha value is -1.19. The summed E-state index contributed by atoms with van der Waals surface area (Å²) in [7, 11) is 2.08. The molecule has 2 rings (SSSR count). The number of hydrogen-bond acceptors (Lipinski definition) is 3. The zero-order valence-corrected chi connectivity index (χ0v) is 11.8. The molecule has 0 amide bonds. The van der Waals surface area contributed by atoms with Gasteiger partial charge in [-0.25, -0.2) is 0 Å². The van der Waals surface area contributed by atoms with Crippen LogP contribution in [0.25, 0.3) is 10.1 Å². The largest absolute Gasteiger partial charge is 0.306 e. The third-order valence-corrected chi connectivity index (χ3v) is 4.18. The molecule has 3 heteroatoms. The molecule has 0 aliphatic rings. The van der Waals surface area contributed by atoms with Gasteiger partial charge in [-0.3, -0.25) is 4.79 Å². The van der Waals surface area contributed by atoms with E-state index in [-0.39, 0.29) is 5.78 Å². The van der Waals surface area contributed by atoms with Crippen LogP contribution >= 0.6 is 11.3 Å². The average molecular weight is 261 g/mol. The molecule has 0 fully saturated rings. The number of carbonyl (C=O) groups is 1. The fraction of sp³-hybridized carbons (Fsp3) is 0.400. The highest BCUT2D eigenvalue weighted by atomic mass is 32.1. The molecule has 1 heterocycles. The van der Waals surface area contributed by atoms with Crippen LogP contribution < -0.4 is 0 Å². The molecule has 1 aromatic carbocycles. The van der Waals surface area contributed by atoms with Gasteiger partial charge in [-0.1, -0.05) is 18.2 Å². The lowest BCUT2D eigenvalue weighted by Gasteiger charge is -2.15. The van der Waals surface area contributed by atoms with E-state index in [1.807, 2.05) is 11.3 Å². The molecule has 0 N–H and O–H groups in total. The van der Waals surface area contributed by atoms with Crippen LogP contribution in [0.3, 0.4) is 0 Å². The topological polar surface area (TPSA) is 20.3 Å². The molecule has 0 saturated carbocycles. The fourth-order valence-electron chi connectivity index (χ4n) is 2.00. The highest BCUT2D eigenvalue weighted by Crippen LogP contribution is 2.25. The van der Waals surface area contributed by atoms with Gasteiger partial charge < -0.3 is 4.90 Å². The van der Waals surface area contributed by atoms with Gasteiger partial charge >= 0.3 is 0 Å². The average Bonchev–Trinajstić information content (AvgIpc) is 2.77. The molecule has 0 saturated heterocycles. The number of Topliss-reactive ketones (excluding diaryl/α,β-unsaturated/α-hetero) is 1. The highest BCUT2D eigenvalue weighted by Gasteiger charge is 2.05. The fourth-order valence-corrected chi connectivity index (χ4v) is 3.00. The van der Waals surface area contributed by atoms with Gasteiger partial charge in [-0.15, -0.1) is 11.3 Å². The van der Waals surface area contributed by atoms with E-state index < -0.39 is 0 Å². The molecule has 0 atom stereocenters. The second-order valence-electron chi connectivity index (χ2n) is 4.76. The number of rotatable bonds is 6. The summed E-state index contributed by atoms with van der Waals surface area (Å²) < 4.78 is 1.36. The number of hydrogen-bond donors (Lipinski definition) is 0. The van der Waals surface area contributed by atoms with Gasteiger partial charge in [-0.05, 0) is 42.8 Å². The Labute approximate surface area is 112 Å². The molecule has 0 radical (unpaired) electrons. The van der Waals surface area contributed by atoms with Gasteiger partial charge in [0.05, 0.1) is 0 Å². The van der Waals surface area contributed by atoms with E-state index in [4.69, 9.17) is 0 Å². The second-order valence-corrected chi connectivity index (χ2v) is 5.67. The van der Waals surface area contributed by atoms with Gasteiger partial charge in [0.1, 0.15) is 5.78 Å². The SMILES string of the molecule is CC(=O)CCN(C)CCc1csc2ccccc12. The van der Waals surface area contributed by atoms with Crippen LogP contribution in [0.15, 0.2) is 29.6 Å². The van der Waals surface area contributed by atoms with Gasteiger partial charge in [-0.2, -0.15) is 0 Å². The Balaban J connectivity index is 1.92. The maximum atomic E-state index is 10.9. The Morgan fingerprint density at radius 1 is 1.28 bits per heavy atom. The van der Waals surface area contributed by atoms with Crippen molar-refractivity contribution >= 4 is 27.2 Å². The van der Waals surface area contributed by atoms with Crippen molar-refractivity contribution in [1.29, 1.82) is 0 Å². The maximum Gasteiger partial charge on any atom is 0.131 e. The van der Waals surface area contributed by atoms with Crippen molar-refractivity contribution in [3.63, 3.8) is 0 Å². The summed E-state index contributed by atoms with van der Waals surface area (Å²) in [6.07, 6.45) is 1.71. The third-order valence-electron chi connectivity index (χ3n) is 3.17. The lowest BCUT2D eigenvalue weighted by atomic mass is 10.1. The zero-order valence-electron chi connectivity index (χ0n) is 11.0. The predicted octanol–water partition coefficient (Wildman–Crippen LogP) is 3.35. The summed E-state index contributed by atoms with van der Waals surface area (Å²) in [6.45, 7) is 3.52. The van der Waals surface area contributed by atoms with Crippen LogP contribution in [-0.4, -0.2) is 30.8 Å². The maximum absolute atomic E-state index is 10.9. The number of nitrogens with zero attached hydrogens (tertiary/aromatic N) is 1. The number of likely N-dealkylation sites (N-methyl/N-ethyl adjacent to an activating group) is 1. The second kappa shape index (κ2) is 6.12. The van der Waals surface area contributed by atoms with E-state index in [2.05, 4.69) is 41.6 Å². The van der Waals surface area contributed by atoms with Crippen LogP contribution in [0.2, 0.25) is 0 Å². The van der Waals surface area contributed by atoms with E-state index in [9.17, 15) is 4.79 Å². The predicted molar refractivity (Wildman–Crippen MR) is 78.3 cm³/mol. The van der Waals surface area contributed by atoms with Crippen LogP contribution in [-0.2, 0) is 11.2 Å². The summed E-state index contributed by atoms with van der Waals surface area (Å²) in [5.74, 6) is 0.267. The first-order valence-electron chi connectivity index (χ1n) is 6.30. The van der Waals surface area contributed by atoms with Gasteiger partial charge in [0.25, 0.3) is 0 Å². The van der Waals surface area contributed by atoms with Crippen molar-refractivity contribution in [2.75, 3.05) is 20.1 Å². The van der Waals surface area contributed by atoms with Crippen molar-refractivity contribution in [2.45, 2.75) is 19.8 Å². The summed E-state index contributed by atoms with van der Waals surface area (Å²) in [5, 5.41) is 3.63. The minimum atomic E-state index is 0.267. The summed E-state index contributed by atoms with van der Waals surface area (Å²) in [6, 6.07) is 8.54. The third kappa shape index (κ3) is 3.40. The van der Waals surface area contributed by atoms with E-state index in [1.165, 1.54) is 15.6 Å². The molecule has 0 bridgehead atoms. The Morgan fingerprint density at radius 2 is 2.06 bits per heavy atom. The first-order valence-corrected chi connectivity index (χ1v) is 7.18. The Morgan fingerprint density at radius 3 is 2.83 bits per heavy atom. The Kier molecular flexibility index (Phi) is 4.50. The molecule has 18 heavy (non-hydrogen) atoms. The van der Waals surface area contributed by atoms with Crippen LogP contribution in [0.5, 0.6) is 0 Å². The quantitative estimate of drug-likeness (QED) is 0.794. The summed E-state index contributed by atoms with van der Waals surface area (Å²) in [5.41, 5.74) is 1.42. The first-order chi connectivity index (χ1) is 8.66. The lowest BCUT2D eigenvalue weighted by molar-refractivity contribution is -0.117. The smallest absolute Gasteiger partial charge is 0.131 e. The molecule has 0 spiro atoms. The molecular weight excluding hydrogens is 242 g/mol. The van der Waals surface area contributed by atoms with Crippen LogP contribution in [0, 0.1) is 0 Å². The normalized spacial score (nSPS) is 11.3. The highest BCUT2D eigenvalue weighted by molar-refractivity contribution is 7.17. The van der Waals surface area contributed by atoms with Crippen LogP contribution in [0.1, 0.15) is 18.9 Å². The number of carbonyl (C=O) groups excluding carboxylic acids is 1. The minimum Gasteiger partial charge on any atom is -0.306 e. The monoisotopic (exact) mass is 261 g/mol. The first kappa shape index (κ1) is 13.2. The van der Waals surface area contributed by atoms with Crippen molar-refractivity contribution in [1.82, 2.24) is 4.90 Å². The van der Waals surface area contributed by atoms with Crippen molar-refractivity contribution in [2.24, 2.45) is 0 Å². The molecule has 0 unspecified atom stereocenters. The number of ketones is 1. The van der Waals surface area contributed by atoms with E-state index in [0.29, 0.717) is 6.42 Å². The lowest BCUT2D eigenvalue weighted by Crippen LogP contribution is -2.23. The standard InChI is InChI=1S/C15H19NOS/c1-12(17)7-9-16(2)10-8-13-11-18-15-6-4-3-5-14(13)15/h3-6,11H,7-10H2,1-2H3. The van der Waals surface area contributed by atoms with E-state index in [0.717, 1.165) is 19.5 Å². The van der Waals surface area contributed by atoms with E-state index >= 15 is 0 Å². The number of fused-ring (bicyclic) bond motifs is 1. The summed E-state index contributed by atoms with van der Waals surface area (Å²) in [4.78, 5) is 13.2. The molecule has 0 aliphatic carbocycles. The number of thiophene rings is 1. The van der Waals surface area contributed by atoms with Crippen molar-refractivity contribution in [3.8, 4) is 0 Å². The molecule has 1 aromatic heterocycles. The molecule has 2 aromatic rings. The van der Waals surface area contributed by atoms with Gasteiger partial charge in [0, 0.05) is 24.2 Å². The Bertz CT molecular complexity index is 532. The van der Waals surface area contributed by atoms with E-state index in [1.54, 1.807) is 6.92 Å². The van der Waals surface area contributed by atoms with Crippen molar-refractivity contribution in [3.05, 3.63) is 35.2 Å². The van der Waals surface area contributed by atoms with Gasteiger partial charge in [0.2, 0.25) is 0 Å². The molecule has 96 valence electrons. The van der Waals surface area contributed by atoms with Gasteiger partial charge in [0.15, 0.2) is 0 Å². The zero-order chi connectivity index (χ0) is 13.0. The minimum absolute atomic E-state index is 0.267. The van der Waals surface area contributed by atoms with Crippen LogP contribution in [0.4, 0.5) is 0 Å².